The number of sulfonamides is 1. The van der Waals surface area contributed by atoms with Crippen LogP contribution < -0.4 is 5.32 Å². The van der Waals surface area contributed by atoms with E-state index < -0.39 is 10.0 Å². The summed E-state index contributed by atoms with van der Waals surface area (Å²) in [4.78, 5) is 3.09. The predicted octanol–water partition coefficient (Wildman–Crippen LogP) is 3.13. The van der Waals surface area contributed by atoms with Crippen LogP contribution in [-0.4, -0.2) is 54.2 Å². The van der Waals surface area contributed by atoms with Crippen molar-refractivity contribution < 1.29 is 8.42 Å². The lowest BCUT2D eigenvalue weighted by atomic mass is 10.1. The van der Waals surface area contributed by atoms with Gasteiger partial charge in [-0.15, -0.1) is 0 Å². The van der Waals surface area contributed by atoms with Crippen molar-refractivity contribution in [3.63, 3.8) is 0 Å². The topological polar surface area (TPSA) is 76.5 Å². The highest BCUT2D eigenvalue weighted by Gasteiger charge is 2.38. The zero-order valence-corrected chi connectivity index (χ0v) is 18.1. The minimum absolute atomic E-state index is 0.129. The molecule has 154 valence electrons. The first kappa shape index (κ1) is 21.0. The normalized spacial score (nSPS) is 18.1. The molecule has 0 spiro atoms. The van der Waals surface area contributed by atoms with Crippen molar-refractivity contribution in [3.8, 4) is 0 Å². The maximum absolute atomic E-state index is 13.0. The van der Waals surface area contributed by atoms with Gasteiger partial charge in [-0.05, 0) is 49.8 Å². The van der Waals surface area contributed by atoms with Crippen molar-refractivity contribution in [2.45, 2.75) is 62.8 Å². The number of hydrogen-bond donors (Lipinski definition) is 2. The van der Waals surface area contributed by atoms with Crippen LogP contribution in [0.1, 0.15) is 51.0 Å². The predicted molar refractivity (Wildman–Crippen MR) is 116 cm³/mol. The minimum Gasteiger partial charge on any atom is -0.379 e. The maximum Gasteiger partial charge on any atom is 0.266 e. The van der Waals surface area contributed by atoms with Gasteiger partial charge in [0.15, 0.2) is 0 Å². The molecule has 0 unspecified atom stereocenters. The van der Waals surface area contributed by atoms with E-state index in [-0.39, 0.29) is 10.9 Å². The summed E-state index contributed by atoms with van der Waals surface area (Å²) in [5, 5.41) is 11.6. The molecule has 1 aromatic carbocycles. The number of rotatable bonds is 8. The summed E-state index contributed by atoms with van der Waals surface area (Å²) in [6, 6.07) is 7.33. The third-order valence-corrected chi connectivity index (χ3v) is 7.69. The lowest BCUT2D eigenvalue weighted by molar-refractivity contribution is 0.342. The van der Waals surface area contributed by atoms with E-state index in [9.17, 15) is 8.42 Å². The van der Waals surface area contributed by atoms with Gasteiger partial charge >= 0.3 is 0 Å². The van der Waals surface area contributed by atoms with Crippen LogP contribution in [0.15, 0.2) is 29.2 Å². The van der Waals surface area contributed by atoms with E-state index in [4.69, 9.17) is 17.6 Å². The highest BCUT2D eigenvalue weighted by Crippen LogP contribution is 2.28. The number of nitrogens with zero attached hydrogens (tertiary/aromatic N) is 2. The van der Waals surface area contributed by atoms with Crippen LogP contribution in [0.5, 0.6) is 0 Å². The summed E-state index contributed by atoms with van der Waals surface area (Å²) in [7, 11) is -3.68. The quantitative estimate of drug-likeness (QED) is 0.630. The first-order valence-electron chi connectivity index (χ1n) is 10.2. The zero-order chi connectivity index (χ0) is 20.1. The minimum atomic E-state index is -3.68. The van der Waals surface area contributed by atoms with Gasteiger partial charge in [-0.3, -0.25) is 5.41 Å². The molecule has 0 amide bonds. The molecule has 2 aliphatic rings. The van der Waals surface area contributed by atoms with Crippen molar-refractivity contribution in [2.24, 2.45) is 0 Å². The Morgan fingerprint density at radius 2 is 1.89 bits per heavy atom. The Bertz CT molecular complexity index is 802. The molecule has 3 rings (SSSR count). The van der Waals surface area contributed by atoms with Crippen LogP contribution in [0.2, 0.25) is 0 Å². The van der Waals surface area contributed by atoms with E-state index >= 15 is 0 Å². The maximum atomic E-state index is 13.0. The SMILES string of the molecule is CCCC(=S)NCCc1ccc(S(=O)(=O)N2CCN(C3CCCC3)C2=N)cc1. The van der Waals surface area contributed by atoms with Crippen molar-refractivity contribution in [1.82, 2.24) is 14.5 Å². The smallest absolute Gasteiger partial charge is 0.266 e. The molecule has 2 fully saturated rings. The first-order valence-corrected chi connectivity index (χ1v) is 12.0. The highest BCUT2D eigenvalue weighted by atomic mass is 32.2. The monoisotopic (exact) mass is 422 g/mol. The van der Waals surface area contributed by atoms with Gasteiger partial charge in [0, 0.05) is 19.1 Å². The van der Waals surface area contributed by atoms with Crippen LogP contribution in [0, 0.1) is 5.41 Å². The van der Waals surface area contributed by atoms with Crippen molar-refractivity contribution in [2.75, 3.05) is 19.6 Å². The average Bonchev–Trinajstić information content (AvgIpc) is 3.32. The highest BCUT2D eigenvalue weighted by molar-refractivity contribution is 7.89. The largest absolute Gasteiger partial charge is 0.379 e. The zero-order valence-electron chi connectivity index (χ0n) is 16.5. The second-order valence-corrected chi connectivity index (χ2v) is 9.88. The van der Waals surface area contributed by atoms with Gasteiger partial charge in [0.05, 0.1) is 16.4 Å². The van der Waals surface area contributed by atoms with Crippen molar-refractivity contribution in [3.05, 3.63) is 29.8 Å². The van der Waals surface area contributed by atoms with E-state index in [0.29, 0.717) is 19.1 Å². The summed E-state index contributed by atoms with van der Waals surface area (Å²) in [5.41, 5.74) is 1.06. The molecule has 1 aromatic rings. The summed E-state index contributed by atoms with van der Waals surface area (Å²) >= 11 is 5.24. The van der Waals surface area contributed by atoms with Gasteiger partial charge in [0.25, 0.3) is 10.0 Å². The number of benzene rings is 1. The molecule has 28 heavy (non-hydrogen) atoms. The molecule has 1 saturated heterocycles. The fraction of sp³-hybridized carbons (Fsp3) is 0.600. The molecular formula is C20H30N4O2S2. The van der Waals surface area contributed by atoms with Gasteiger partial charge in [0.1, 0.15) is 0 Å². The molecule has 0 radical (unpaired) electrons. The fourth-order valence-corrected chi connectivity index (χ4v) is 5.67. The molecular weight excluding hydrogens is 392 g/mol. The molecule has 0 aromatic heterocycles. The average molecular weight is 423 g/mol. The van der Waals surface area contributed by atoms with E-state index in [1.807, 2.05) is 17.0 Å². The fourth-order valence-electron chi connectivity index (χ4n) is 3.98. The first-order chi connectivity index (χ1) is 13.4. The number of thiocarbonyl (C=S) groups is 1. The van der Waals surface area contributed by atoms with Crippen LogP contribution in [0.3, 0.4) is 0 Å². The summed E-state index contributed by atoms with van der Waals surface area (Å²) < 4.78 is 27.3. The van der Waals surface area contributed by atoms with E-state index in [0.717, 1.165) is 49.2 Å². The van der Waals surface area contributed by atoms with Gasteiger partial charge in [0.2, 0.25) is 5.96 Å². The van der Waals surface area contributed by atoms with Crippen molar-refractivity contribution >= 4 is 33.2 Å². The third kappa shape index (κ3) is 4.66. The molecule has 0 atom stereocenters. The standard InChI is InChI=1S/C20H30N4O2S2/c1-2-5-19(27)22-13-12-16-8-10-18(11-9-16)28(25,26)24-15-14-23(20(24)21)17-6-3-4-7-17/h8-11,17,21H,2-7,12-15H2,1H3,(H,22,27). The van der Waals surface area contributed by atoms with Crippen LogP contribution in [0.4, 0.5) is 0 Å². The Morgan fingerprint density at radius 1 is 1.21 bits per heavy atom. The molecule has 6 nitrogen and oxygen atoms in total. The van der Waals surface area contributed by atoms with Gasteiger partial charge in [-0.25, -0.2) is 12.7 Å². The second-order valence-electron chi connectivity index (χ2n) is 7.53. The lowest BCUT2D eigenvalue weighted by Gasteiger charge is -2.26. The number of hydrogen-bond acceptors (Lipinski definition) is 4. The molecule has 8 heteroatoms. The Labute approximate surface area is 173 Å². The van der Waals surface area contributed by atoms with Crippen LogP contribution >= 0.6 is 12.2 Å². The van der Waals surface area contributed by atoms with Gasteiger partial charge in [-0.2, -0.15) is 0 Å². The Morgan fingerprint density at radius 3 is 2.54 bits per heavy atom. The van der Waals surface area contributed by atoms with Crippen molar-refractivity contribution in [1.29, 1.82) is 5.41 Å². The second kappa shape index (κ2) is 9.22. The van der Waals surface area contributed by atoms with E-state index in [2.05, 4.69) is 12.2 Å². The molecule has 0 bridgehead atoms. The van der Waals surface area contributed by atoms with Gasteiger partial charge < -0.3 is 10.2 Å². The summed E-state index contributed by atoms with van der Waals surface area (Å²) in [6.07, 6.45) is 7.16. The molecule has 2 N–H and O–H groups in total. The summed E-state index contributed by atoms with van der Waals surface area (Å²) in [5.74, 6) is 0.129. The Kier molecular flexibility index (Phi) is 6.93. The van der Waals surface area contributed by atoms with Gasteiger partial charge in [-0.1, -0.05) is 44.1 Å². The molecule has 1 aliphatic carbocycles. The Balaban J connectivity index is 1.61. The van der Waals surface area contributed by atoms with Crippen LogP contribution in [0.25, 0.3) is 0 Å². The van der Waals surface area contributed by atoms with E-state index in [1.165, 1.54) is 17.1 Å². The lowest BCUT2D eigenvalue weighted by Crippen LogP contribution is -2.40. The number of guanidine groups is 1. The van der Waals surface area contributed by atoms with E-state index in [1.54, 1.807) is 12.1 Å². The number of nitrogens with one attached hydrogen (secondary N) is 2. The summed E-state index contributed by atoms with van der Waals surface area (Å²) in [6.45, 7) is 3.82. The molecule has 1 saturated carbocycles. The van der Waals surface area contributed by atoms with Crippen LogP contribution in [-0.2, 0) is 16.4 Å². The Hall–Kier alpha value is -1.67. The molecule has 1 heterocycles. The third-order valence-electron chi connectivity index (χ3n) is 5.54. The molecule has 1 aliphatic heterocycles.